The first-order valence-corrected chi connectivity index (χ1v) is 8.28. The largest absolute Gasteiger partial charge is 0.478 e. The highest BCUT2D eigenvalue weighted by Crippen LogP contribution is 2.30. The number of fused-ring (bicyclic) bond motifs is 1. The van der Waals surface area contributed by atoms with Crippen LogP contribution in [0.2, 0.25) is 0 Å². The zero-order valence-electron chi connectivity index (χ0n) is 11.6. The molecule has 2 aromatic carbocycles. The fraction of sp³-hybridized carbons (Fsp3) is 0.267. The van der Waals surface area contributed by atoms with Crippen molar-refractivity contribution in [2.75, 3.05) is 13.2 Å². The average Bonchev–Trinajstić information content (AvgIpc) is 2.44. The number of aliphatic hydroxyl groups is 1. The van der Waals surface area contributed by atoms with Gasteiger partial charge in [-0.3, -0.25) is 0 Å². The Morgan fingerprint density at radius 3 is 2.59 bits per heavy atom. The molecule has 7 heteroatoms. The van der Waals surface area contributed by atoms with Crippen molar-refractivity contribution in [3.63, 3.8) is 0 Å². The number of hydrogen-bond acceptors (Lipinski definition) is 4. The van der Waals surface area contributed by atoms with E-state index in [1.54, 1.807) is 24.3 Å². The topological polar surface area (TPSA) is 94.9 Å². The quantitative estimate of drug-likeness (QED) is 0.885. The standard InChI is InChI=1S/C15H15NO5S/c17-9-11-5-6-16(11)22(20,21)12-7-10-3-1-2-4-13(10)14(8-12)15(18)19/h1-4,7-8,11,17H,5-6,9H2,(H,18,19). The fourth-order valence-corrected chi connectivity index (χ4v) is 4.38. The second-order valence-corrected chi connectivity index (χ2v) is 7.13. The van der Waals surface area contributed by atoms with Crippen molar-refractivity contribution < 1.29 is 23.4 Å². The van der Waals surface area contributed by atoms with Crippen LogP contribution in [0.15, 0.2) is 41.3 Å². The van der Waals surface area contributed by atoms with Gasteiger partial charge in [0.2, 0.25) is 10.0 Å². The van der Waals surface area contributed by atoms with Gasteiger partial charge in [-0.15, -0.1) is 0 Å². The van der Waals surface area contributed by atoms with Gasteiger partial charge >= 0.3 is 5.97 Å². The van der Waals surface area contributed by atoms with Crippen LogP contribution in [0.1, 0.15) is 16.8 Å². The highest BCUT2D eigenvalue weighted by molar-refractivity contribution is 7.89. The average molecular weight is 321 g/mol. The normalized spacial score (nSPS) is 19.0. The number of aliphatic hydroxyl groups excluding tert-OH is 1. The molecule has 0 saturated carbocycles. The van der Waals surface area contributed by atoms with Gasteiger partial charge in [0, 0.05) is 12.6 Å². The van der Waals surface area contributed by atoms with Crippen molar-refractivity contribution in [1.29, 1.82) is 0 Å². The van der Waals surface area contributed by atoms with Crippen molar-refractivity contribution in [1.82, 2.24) is 4.31 Å². The Morgan fingerprint density at radius 1 is 1.27 bits per heavy atom. The van der Waals surface area contributed by atoms with E-state index in [9.17, 15) is 23.4 Å². The van der Waals surface area contributed by atoms with Crippen LogP contribution in [0.5, 0.6) is 0 Å². The zero-order valence-corrected chi connectivity index (χ0v) is 12.5. The second kappa shape index (κ2) is 5.35. The summed E-state index contributed by atoms with van der Waals surface area (Å²) >= 11 is 0. The third kappa shape index (κ3) is 2.27. The first-order valence-electron chi connectivity index (χ1n) is 6.84. The molecular formula is C15H15NO5S. The smallest absolute Gasteiger partial charge is 0.336 e. The second-order valence-electron chi connectivity index (χ2n) is 5.24. The maximum Gasteiger partial charge on any atom is 0.336 e. The molecule has 116 valence electrons. The molecule has 1 atom stereocenters. The summed E-state index contributed by atoms with van der Waals surface area (Å²) in [7, 11) is -3.80. The lowest BCUT2D eigenvalue weighted by atomic mass is 10.0. The summed E-state index contributed by atoms with van der Waals surface area (Å²) in [6, 6.07) is 9.00. The number of benzene rings is 2. The third-order valence-electron chi connectivity index (χ3n) is 3.97. The maximum atomic E-state index is 12.6. The number of sulfonamides is 1. The lowest BCUT2D eigenvalue weighted by Gasteiger charge is -2.38. The number of carboxylic acids is 1. The van der Waals surface area contributed by atoms with Crippen LogP contribution in [-0.4, -0.2) is 48.1 Å². The predicted molar refractivity (Wildman–Crippen MR) is 80.3 cm³/mol. The van der Waals surface area contributed by atoms with Crippen molar-refractivity contribution in [3.05, 3.63) is 42.0 Å². The van der Waals surface area contributed by atoms with Crippen LogP contribution < -0.4 is 0 Å². The minimum Gasteiger partial charge on any atom is -0.478 e. The van der Waals surface area contributed by atoms with Gasteiger partial charge in [-0.2, -0.15) is 4.31 Å². The van der Waals surface area contributed by atoms with Crippen LogP contribution in [0.25, 0.3) is 10.8 Å². The fourth-order valence-electron chi connectivity index (χ4n) is 2.66. The van der Waals surface area contributed by atoms with E-state index in [-0.39, 0.29) is 17.1 Å². The highest BCUT2D eigenvalue weighted by atomic mass is 32.2. The predicted octanol–water partition coefficient (Wildman–Crippen LogP) is 1.29. The molecule has 1 heterocycles. The molecule has 1 saturated heterocycles. The lowest BCUT2D eigenvalue weighted by molar-refractivity contribution is 0.0698. The molecule has 0 aliphatic carbocycles. The van der Waals surface area contributed by atoms with Crippen LogP contribution in [-0.2, 0) is 10.0 Å². The van der Waals surface area contributed by atoms with E-state index in [4.69, 9.17) is 0 Å². The number of carbonyl (C=O) groups is 1. The molecule has 22 heavy (non-hydrogen) atoms. The van der Waals surface area contributed by atoms with Crippen LogP contribution in [0.3, 0.4) is 0 Å². The highest BCUT2D eigenvalue weighted by Gasteiger charge is 2.38. The molecule has 0 spiro atoms. The molecule has 1 aliphatic heterocycles. The zero-order chi connectivity index (χ0) is 15.9. The Bertz CT molecular complexity index is 844. The van der Waals surface area contributed by atoms with E-state index in [0.29, 0.717) is 23.7 Å². The SMILES string of the molecule is O=C(O)c1cc(S(=O)(=O)N2CCC2CO)cc2ccccc12. The molecule has 0 aromatic heterocycles. The number of carboxylic acid groups (broad SMARTS) is 1. The summed E-state index contributed by atoms with van der Waals surface area (Å²) in [6.07, 6.45) is 0.606. The number of aromatic carboxylic acids is 1. The minimum absolute atomic E-state index is 0.0438. The molecule has 2 aromatic rings. The molecule has 1 fully saturated rings. The Balaban J connectivity index is 2.17. The van der Waals surface area contributed by atoms with E-state index in [2.05, 4.69) is 0 Å². The van der Waals surface area contributed by atoms with E-state index in [1.165, 1.54) is 16.4 Å². The van der Waals surface area contributed by atoms with Gasteiger partial charge in [0.15, 0.2) is 0 Å². The number of rotatable bonds is 4. The molecule has 1 aliphatic rings. The molecule has 6 nitrogen and oxygen atoms in total. The van der Waals surface area contributed by atoms with Gasteiger partial charge in [-0.05, 0) is 29.3 Å². The van der Waals surface area contributed by atoms with Crippen LogP contribution >= 0.6 is 0 Å². The van der Waals surface area contributed by atoms with Crippen molar-refractivity contribution >= 4 is 26.8 Å². The van der Waals surface area contributed by atoms with Gasteiger partial charge in [0.05, 0.1) is 17.1 Å². The summed E-state index contributed by atoms with van der Waals surface area (Å²) < 4.78 is 26.5. The molecule has 3 rings (SSSR count). The molecular weight excluding hydrogens is 306 g/mol. The van der Waals surface area contributed by atoms with E-state index >= 15 is 0 Å². The summed E-state index contributed by atoms with van der Waals surface area (Å²) in [4.78, 5) is 11.4. The van der Waals surface area contributed by atoms with Gasteiger partial charge in [0.1, 0.15) is 0 Å². The summed E-state index contributed by atoms with van der Waals surface area (Å²) in [6.45, 7) is 0.0986. The molecule has 0 amide bonds. The maximum absolute atomic E-state index is 12.6. The van der Waals surface area contributed by atoms with Gasteiger partial charge in [-0.25, -0.2) is 13.2 Å². The molecule has 2 N–H and O–H groups in total. The Kier molecular flexibility index (Phi) is 3.64. The van der Waals surface area contributed by atoms with Gasteiger partial charge in [-0.1, -0.05) is 24.3 Å². The Labute approximate surface area is 127 Å². The third-order valence-corrected chi connectivity index (χ3v) is 5.90. The molecule has 1 unspecified atom stereocenters. The first-order chi connectivity index (χ1) is 10.4. The lowest BCUT2D eigenvalue weighted by Crippen LogP contribution is -2.52. The van der Waals surface area contributed by atoms with Crippen molar-refractivity contribution in [2.24, 2.45) is 0 Å². The number of hydrogen-bond donors (Lipinski definition) is 2. The first kappa shape index (κ1) is 15.0. The molecule has 0 radical (unpaired) electrons. The van der Waals surface area contributed by atoms with Crippen LogP contribution in [0, 0.1) is 0 Å². The van der Waals surface area contributed by atoms with Crippen LogP contribution in [0.4, 0.5) is 0 Å². The monoisotopic (exact) mass is 321 g/mol. The summed E-state index contributed by atoms with van der Waals surface area (Å²) in [5, 5.41) is 19.6. The van der Waals surface area contributed by atoms with Crippen molar-refractivity contribution in [2.45, 2.75) is 17.4 Å². The Hall–Kier alpha value is -1.96. The van der Waals surface area contributed by atoms with Gasteiger partial charge < -0.3 is 10.2 Å². The van der Waals surface area contributed by atoms with Gasteiger partial charge in [0.25, 0.3) is 0 Å². The van der Waals surface area contributed by atoms with Crippen molar-refractivity contribution in [3.8, 4) is 0 Å². The van der Waals surface area contributed by atoms with E-state index in [0.717, 1.165) is 0 Å². The Morgan fingerprint density at radius 2 is 2.00 bits per heavy atom. The number of nitrogens with zero attached hydrogens (tertiary/aromatic N) is 1. The van der Waals surface area contributed by atoms with E-state index in [1.807, 2.05) is 0 Å². The summed E-state index contributed by atoms with van der Waals surface area (Å²) in [5.74, 6) is -1.17. The van der Waals surface area contributed by atoms with E-state index < -0.39 is 22.0 Å². The summed E-state index contributed by atoms with van der Waals surface area (Å²) in [5.41, 5.74) is -0.0438. The molecule has 0 bridgehead atoms. The minimum atomic E-state index is -3.80.